The molecule has 214 valence electrons. The maximum Gasteiger partial charge on any atom is 0.326 e. The molecular weight excluding hydrogens is 498 g/mol. The molecule has 13 N–H and O–H groups in total. The predicted molar refractivity (Wildman–Crippen MR) is 138 cm³/mol. The predicted octanol–water partition coefficient (Wildman–Crippen LogP) is -2.66. The number of aromatic amines is 1. The molecule has 0 saturated carbocycles. The number of primary amides is 1. The standard InChI is InChI=1S/C23H41N9O6/c24-9-3-1-5-16(30-20(34)15(26)11-14-12-28-13-29-14)21(35)31-17(6-2-4-10-25)22(36)32-18(23(37)38)7-8-19(27)33/h12-13,15-18H,1-11,24-26H2,(H2,27,33)(H,28,29)(H,30,34)(H,31,35)(H,32,36)(H,37,38). The average molecular weight is 540 g/mol. The Morgan fingerprint density at radius 3 is 1.82 bits per heavy atom. The topological polar surface area (TPSA) is 274 Å². The van der Waals surface area contributed by atoms with Gasteiger partial charge in [-0.15, -0.1) is 0 Å². The van der Waals surface area contributed by atoms with Crippen molar-refractivity contribution in [3.8, 4) is 0 Å². The highest BCUT2D eigenvalue weighted by Gasteiger charge is 2.30. The van der Waals surface area contributed by atoms with E-state index in [1.165, 1.54) is 12.5 Å². The van der Waals surface area contributed by atoms with E-state index in [9.17, 15) is 29.1 Å². The maximum atomic E-state index is 13.2. The summed E-state index contributed by atoms with van der Waals surface area (Å²) < 4.78 is 0. The van der Waals surface area contributed by atoms with Crippen LogP contribution in [0.4, 0.5) is 0 Å². The Morgan fingerprint density at radius 1 is 0.842 bits per heavy atom. The number of aliphatic carboxylic acids is 1. The van der Waals surface area contributed by atoms with Crippen LogP contribution in [-0.4, -0.2) is 81.9 Å². The lowest BCUT2D eigenvalue weighted by atomic mass is 10.0. The third-order valence-corrected chi connectivity index (χ3v) is 5.79. The molecule has 0 spiro atoms. The van der Waals surface area contributed by atoms with E-state index >= 15 is 0 Å². The van der Waals surface area contributed by atoms with Crippen LogP contribution in [0.2, 0.25) is 0 Å². The summed E-state index contributed by atoms with van der Waals surface area (Å²) in [5, 5.41) is 17.0. The van der Waals surface area contributed by atoms with E-state index in [1.807, 2.05) is 0 Å². The number of aromatic nitrogens is 2. The quantitative estimate of drug-likeness (QED) is 0.0775. The number of hydrogen-bond donors (Lipinski definition) is 9. The molecule has 0 fully saturated rings. The molecule has 4 unspecified atom stereocenters. The highest BCUT2D eigenvalue weighted by atomic mass is 16.4. The minimum atomic E-state index is -1.37. The number of hydrogen-bond acceptors (Lipinski definition) is 9. The molecule has 0 aliphatic rings. The minimum absolute atomic E-state index is 0.176. The number of carboxylic acids is 1. The van der Waals surface area contributed by atoms with Crippen molar-refractivity contribution in [2.75, 3.05) is 13.1 Å². The smallest absolute Gasteiger partial charge is 0.326 e. The van der Waals surface area contributed by atoms with Gasteiger partial charge < -0.3 is 49.0 Å². The molecule has 0 aromatic carbocycles. The first-order valence-electron chi connectivity index (χ1n) is 12.6. The van der Waals surface area contributed by atoms with E-state index < -0.39 is 53.8 Å². The molecule has 0 saturated heterocycles. The SMILES string of the molecule is NCCCCC(NC(=O)C(N)Cc1cnc[nH]1)C(=O)NC(CCCCN)C(=O)NC(CCC(N)=O)C(=O)O. The number of rotatable bonds is 20. The number of nitrogens with two attached hydrogens (primary N) is 4. The van der Waals surface area contributed by atoms with Crippen molar-refractivity contribution in [3.05, 3.63) is 18.2 Å². The molecule has 0 aliphatic carbocycles. The Hall–Kier alpha value is -3.56. The highest BCUT2D eigenvalue weighted by molar-refractivity contribution is 5.94. The van der Waals surface area contributed by atoms with Crippen LogP contribution in [0, 0.1) is 0 Å². The van der Waals surface area contributed by atoms with Crippen LogP contribution in [0.1, 0.15) is 57.1 Å². The van der Waals surface area contributed by atoms with E-state index in [-0.39, 0.29) is 32.1 Å². The summed E-state index contributed by atoms with van der Waals surface area (Å²) in [4.78, 5) is 68.2. The van der Waals surface area contributed by atoms with Crippen LogP contribution in [0.15, 0.2) is 12.5 Å². The number of imidazole rings is 1. The van der Waals surface area contributed by atoms with Gasteiger partial charge in [0.15, 0.2) is 0 Å². The molecule has 15 nitrogen and oxygen atoms in total. The lowest BCUT2D eigenvalue weighted by Crippen LogP contribution is -2.57. The van der Waals surface area contributed by atoms with Gasteiger partial charge in [-0.1, -0.05) is 0 Å². The van der Waals surface area contributed by atoms with E-state index in [4.69, 9.17) is 22.9 Å². The normalized spacial score (nSPS) is 14.1. The third kappa shape index (κ3) is 12.6. The zero-order chi connectivity index (χ0) is 28.5. The average Bonchev–Trinajstić information content (AvgIpc) is 3.37. The van der Waals surface area contributed by atoms with Gasteiger partial charge in [-0.25, -0.2) is 9.78 Å². The van der Waals surface area contributed by atoms with Gasteiger partial charge in [0.25, 0.3) is 0 Å². The lowest BCUT2D eigenvalue weighted by molar-refractivity contribution is -0.142. The first-order chi connectivity index (χ1) is 18.1. The summed E-state index contributed by atoms with van der Waals surface area (Å²) >= 11 is 0. The van der Waals surface area contributed by atoms with Crippen LogP contribution < -0.4 is 38.9 Å². The molecule has 15 heteroatoms. The summed E-state index contributed by atoms with van der Waals surface area (Å²) in [6.45, 7) is 0.762. The first kappa shape index (κ1) is 32.5. The molecule has 4 amide bonds. The van der Waals surface area contributed by atoms with Crippen LogP contribution in [-0.2, 0) is 30.4 Å². The third-order valence-electron chi connectivity index (χ3n) is 5.79. The molecule has 0 aliphatic heterocycles. The zero-order valence-corrected chi connectivity index (χ0v) is 21.5. The van der Waals surface area contributed by atoms with Gasteiger partial charge in [0.05, 0.1) is 12.4 Å². The Balaban J connectivity index is 2.95. The monoisotopic (exact) mass is 539 g/mol. The van der Waals surface area contributed by atoms with Crippen molar-refractivity contribution in [1.29, 1.82) is 0 Å². The molecule has 1 aromatic rings. The highest BCUT2D eigenvalue weighted by Crippen LogP contribution is 2.08. The van der Waals surface area contributed by atoms with Crippen molar-refractivity contribution in [1.82, 2.24) is 25.9 Å². The molecular formula is C23H41N9O6. The lowest BCUT2D eigenvalue weighted by Gasteiger charge is -2.25. The zero-order valence-electron chi connectivity index (χ0n) is 21.5. The van der Waals surface area contributed by atoms with Gasteiger partial charge in [0.1, 0.15) is 18.1 Å². The van der Waals surface area contributed by atoms with Crippen LogP contribution >= 0.6 is 0 Å². The van der Waals surface area contributed by atoms with E-state index in [0.29, 0.717) is 44.5 Å². The van der Waals surface area contributed by atoms with Crippen LogP contribution in [0.3, 0.4) is 0 Å². The summed E-state index contributed by atoms with van der Waals surface area (Å²) in [5.41, 5.74) is 22.8. The molecule has 0 bridgehead atoms. The Kier molecular flexibility index (Phi) is 15.2. The van der Waals surface area contributed by atoms with Crippen molar-refractivity contribution in [2.24, 2.45) is 22.9 Å². The maximum absolute atomic E-state index is 13.2. The fraction of sp³-hybridized carbons (Fsp3) is 0.652. The fourth-order valence-corrected chi connectivity index (χ4v) is 3.62. The fourth-order valence-electron chi connectivity index (χ4n) is 3.62. The Bertz CT molecular complexity index is 896. The number of carbonyl (C=O) groups excluding carboxylic acids is 4. The molecule has 1 rings (SSSR count). The largest absolute Gasteiger partial charge is 0.480 e. The number of carboxylic acid groups (broad SMARTS) is 1. The molecule has 4 atom stereocenters. The number of H-pyrrole nitrogens is 1. The second-order valence-corrected chi connectivity index (χ2v) is 8.98. The number of carbonyl (C=O) groups is 5. The first-order valence-corrected chi connectivity index (χ1v) is 12.6. The van der Waals surface area contributed by atoms with E-state index in [1.54, 1.807) is 0 Å². The van der Waals surface area contributed by atoms with Gasteiger partial charge in [-0.2, -0.15) is 0 Å². The number of nitrogens with zero attached hydrogens (tertiary/aromatic N) is 1. The number of nitrogens with one attached hydrogen (secondary N) is 4. The molecule has 1 heterocycles. The van der Waals surface area contributed by atoms with Crippen molar-refractivity contribution < 1.29 is 29.1 Å². The van der Waals surface area contributed by atoms with Gasteiger partial charge in [0, 0.05) is 24.7 Å². The molecule has 1 aromatic heterocycles. The molecule has 0 radical (unpaired) electrons. The number of amides is 4. The summed E-state index contributed by atoms with van der Waals surface area (Å²) in [6, 6.07) is -4.43. The van der Waals surface area contributed by atoms with Crippen molar-refractivity contribution in [3.63, 3.8) is 0 Å². The molecule has 38 heavy (non-hydrogen) atoms. The summed E-state index contributed by atoms with van der Waals surface area (Å²) in [5.74, 6) is -3.98. The number of unbranched alkanes of at least 4 members (excludes halogenated alkanes) is 2. The van der Waals surface area contributed by atoms with Crippen LogP contribution in [0.5, 0.6) is 0 Å². The van der Waals surface area contributed by atoms with Gasteiger partial charge in [-0.3, -0.25) is 19.2 Å². The Morgan fingerprint density at radius 2 is 1.37 bits per heavy atom. The van der Waals surface area contributed by atoms with Gasteiger partial charge in [-0.05, 0) is 58.0 Å². The van der Waals surface area contributed by atoms with Crippen molar-refractivity contribution in [2.45, 2.75) is 82.0 Å². The second-order valence-electron chi connectivity index (χ2n) is 8.98. The Labute approximate surface area is 221 Å². The van der Waals surface area contributed by atoms with Crippen LogP contribution in [0.25, 0.3) is 0 Å². The van der Waals surface area contributed by atoms with E-state index in [0.717, 1.165) is 0 Å². The van der Waals surface area contributed by atoms with E-state index in [2.05, 4.69) is 25.9 Å². The second kappa shape index (κ2) is 17.8. The van der Waals surface area contributed by atoms with Gasteiger partial charge >= 0.3 is 5.97 Å². The van der Waals surface area contributed by atoms with Gasteiger partial charge in [0.2, 0.25) is 23.6 Å². The van der Waals surface area contributed by atoms with Crippen molar-refractivity contribution >= 4 is 29.6 Å². The summed E-state index contributed by atoms with van der Waals surface area (Å²) in [6.07, 6.45) is 5.35. The summed E-state index contributed by atoms with van der Waals surface area (Å²) in [7, 11) is 0. The minimum Gasteiger partial charge on any atom is -0.480 e.